The summed E-state index contributed by atoms with van der Waals surface area (Å²) in [6, 6.07) is 9.72. The molecule has 0 saturated carbocycles. The predicted molar refractivity (Wildman–Crippen MR) is 83.5 cm³/mol. The number of halogens is 1. The van der Waals surface area contributed by atoms with Crippen LogP contribution in [0, 0.1) is 12.7 Å². The number of aromatic nitrogens is 3. The molecule has 0 N–H and O–H groups in total. The van der Waals surface area contributed by atoms with Gasteiger partial charge in [0, 0.05) is 17.3 Å². The fourth-order valence-corrected chi connectivity index (χ4v) is 2.43. The average molecular weight is 313 g/mol. The molecule has 23 heavy (non-hydrogen) atoms. The molecule has 0 bridgehead atoms. The molecule has 0 amide bonds. The van der Waals surface area contributed by atoms with E-state index in [0.29, 0.717) is 23.6 Å². The molecule has 118 valence electrons. The van der Waals surface area contributed by atoms with Crippen LogP contribution >= 0.6 is 0 Å². The molecular weight excluding hydrogens is 297 g/mol. The Morgan fingerprint density at radius 3 is 2.70 bits per heavy atom. The fraction of sp³-hybridized carbons (Fsp3) is 0.235. The second-order valence-electron chi connectivity index (χ2n) is 5.18. The number of nitrogens with zero attached hydrogens (tertiary/aromatic N) is 3. The van der Waals surface area contributed by atoms with E-state index in [4.69, 9.17) is 4.74 Å². The normalized spacial score (nSPS) is 10.9. The van der Waals surface area contributed by atoms with Gasteiger partial charge in [-0.1, -0.05) is 0 Å². The number of hydrogen-bond acceptors (Lipinski definition) is 4. The van der Waals surface area contributed by atoms with Crippen LogP contribution in [-0.4, -0.2) is 27.2 Å². The van der Waals surface area contributed by atoms with E-state index in [1.54, 1.807) is 23.6 Å². The Balaban J connectivity index is 2.04. The lowest BCUT2D eigenvalue weighted by atomic mass is 10.1. The minimum atomic E-state index is -0.307. The second-order valence-corrected chi connectivity index (χ2v) is 5.18. The van der Waals surface area contributed by atoms with Crippen molar-refractivity contribution in [1.82, 2.24) is 14.6 Å². The third-order valence-corrected chi connectivity index (χ3v) is 3.40. The Bertz CT molecular complexity index is 856. The summed E-state index contributed by atoms with van der Waals surface area (Å²) in [6.45, 7) is 3.97. The van der Waals surface area contributed by atoms with Crippen LogP contribution in [0.3, 0.4) is 0 Å². The molecule has 6 heteroatoms. The number of ether oxygens (including phenoxy) is 1. The molecule has 0 spiro atoms. The minimum Gasteiger partial charge on any atom is -0.466 e. The van der Waals surface area contributed by atoms with E-state index in [1.165, 1.54) is 12.1 Å². The maximum atomic E-state index is 13.1. The maximum Gasteiger partial charge on any atom is 0.311 e. The molecule has 1 aromatic carbocycles. The van der Waals surface area contributed by atoms with Crippen LogP contribution in [-0.2, 0) is 16.0 Å². The molecule has 2 heterocycles. The molecule has 0 saturated heterocycles. The Morgan fingerprint density at radius 1 is 1.26 bits per heavy atom. The molecule has 5 nitrogen and oxygen atoms in total. The number of fused-ring (bicyclic) bond motifs is 1. The van der Waals surface area contributed by atoms with E-state index < -0.39 is 0 Å². The summed E-state index contributed by atoms with van der Waals surface area (Å²) in [7, 11) is 0. The van der Waals surface area contributed by atoms with Gasteiger partial charge in [-0.15, -0.1) is 0 Å². The van der Waals surface area contributed by atoms with Crippen LogP contribution in [0.2, 0.25) is 0 Å². The number of carbonyl (C=O) groups is 1. The highest BCUT2D eigenvalue weighted by Gasteiger charge is 2.13. The summed E-state index contributed by atoms with van der Waals surface area (Å²) in [5.74, 6) is -0.604. The van der Waals surface area contributed by atoms with E-state index >= 15 is 0 Å². The van der Waals surface area contributed by atoms with Crippen molar-refractivity contribution in [3.8, 4) is 11.3 Å². The number of hydrogen-bond donors (Lipinski definition) is 0. The zero-order valence-corrected chi connectivity index (χ0v) is 12.9. The number of carbonyl (C=O) groups excluding carboxylic acids is 1. The molecule has 0 unspecified atom stereocenters. The van der Waals surface area contributed by atoms with Crippen molar-refractivity contribution in [2.75, 3.05) is 6.61 Å². The Labute approximate surface area is 132 Å². The van der Waals surface area contributed by atoms with E-state index in [1.807, 2.05) is 19.1 Å². The average Bonchev–Trinajstić information content (AvgIpc) is 2.92. The topological polar surface area (TPSA) is 56.5 Å². The minimum absolute atomic E-state index is 0.123. The number of esters is 1. The first-order chi connectivity index (χ1) is 11.1. The van der Waals surface area contributed by atoms with Crippen LogP contribution in [0.4, 0.5) is 4.39 Å². The highest BCUT2D eigenvalue weighted by Crippen LogP contribution is 2.21. The molecular formula is C17H16FN3O2. The standard InChI is InChI=1S/C17H16FN3O2/c1-3-23-17(22)9-14-8-11(2)19-16-10-15(20-21(14)16)12-4-6-13(18)7-5-12/h4-8,10H,3,9H2,1-2H3. The molecule has 0 radical (unpaired) electrons. The summed E-state index contributed by atoms with van der Waals surface area (Å²) in [5, 5.41) is 4.49. The van der Waals surface area contributed by atoms with E-state index in [9.17, 15) is 9.18 Å². The van der Waals surface area contributed by atoms with Crippen LogP contribution in [0.25, 0.3) is 16.9 Å². The summed E-state index contributed by atoms with van der Waals surface area (Å²) in [6.07, 6.45) is 0.123. The first kappa shape index (κ1) is 15.1. The first-order valence-electron chi connectivity index (χ1n) is 7.34. The molecule has 0 atom stereocenters. The van der Waals surface area contributed by atoms with Crippen molar-refractivity contribution in [2.24, 2.45) is 0 Å². The monoisotopic (exact) mass is 313 g/mol. The van der Waals surface area contributed by atoms with Gasteiger partial charge >= 0.3 is 5.97 Å². The zero-order chi connectivity index (χ0) is 16.4. The maximum absolute atomic E-state index is 13.1. The summed E-state index contributed by atoms with van der Waals surface area (Å²) < 4.78 is 19.7. The highest BCUT2D eigenvalue weighted by atomic mass is 19.1. The van der Waals surface area contributed by atoms with Gasteiger partial charge in [-0.3, -0.25) is 4.79 Å². The lowest BCUT2D eigenvalue weighted by molar-refractivity contribution is -0.142. The molecule has 0 aliphatic heterocycles. The molecule has 3 aromatic rings. The van der Waals surface area contributed by atoms with E-state index in [-0.39, 0.29) is 18.2 Å². The molecule has 2 aromatic heterocycles. The van der Waals surface area contributed by atoms with Crippen molar-refractivity contribution in [1.29, 1.82) is 0 Å². The summed E-state index contributed by atoms with van der Waals surface area (Å²) in [5.41, 5.74) is 3.61. The van der Waals surface area contributed by atoms with Crippen LogP contribution < -0.4 is 0 Å². The van der Waals surface area contributed by atoms with Crippen LogP contribution in [0.1, 0.15) is 18.3 Å². The van der Waals surface area contributed by atoms with Crippen LogP contribution in [0.5, 0.6) is 0 Å². The Kier molecular flexibility index (Phi) is 4.06. The SMILES string of the molecule is CCOC(=O)Cc1cc(C)nc2cc(-c3ccc(F)cc3)nn12. The number of benzene rings is 1. The van der Waals surface area contributed by atoms with Gasteiger partial charge in [0.05, 0.1) is 24.4 Å². The quantitative estimate of drug-likeness (QED) is 0.695. The van der Waals surface area contributed by atoms with Crippen molar-refractivity contribution in [3.05, 3.63) is 53.6 Å². The van der Waals surface area contributed by atoms with Crippen molar-refractivity contribution < 1.29 is 13.9 Å². The van der Waals surface area contributed by atoms with Crippen molar-refractivity contribution >= 4 is 11.6 Å². The lowest BCUT2D eigenvalue weighted by Gasteiger charge is -2.05. The largest absolute Gasteiger partial charge is 0.466 e. The molecule has 0 fully saturated rings. The molecule has 3 rings (SSSR count). The third kappa shape index (κ3) is 3.21. The van der Waals surface area contributed by atoms with Gasteiger partial charge < -0.3 is 4.74 Å². The van der Waals surface area contributed by atoms with Gasteiger partial charge in [-0.25, -0.2) is 13.9 Å². The number of rotatable bonds is 4. The Hall–Kier alpha value is -2.76. The van der Waals surface area contributed by atoms with Gasteiger partial charge in [0.1, 0.15) is 5.82 Å². The van der Waals surface area contributed by atoms with Gasteiger partial charge in [0.25, 0.3) is 0 Å². The smallest absolute Gasteiger partial charge is 0.311 e. The first-order valence-corrected chi connectivity index (χ1v) is 7.34. The van der Waals surface area contributed by atoms with Crippen LogP contribution in [0.15, 0.2) is 36.4 Å². The van der Waals surface area contributed by atoms with Gasteiger partial charge in [0.15, 0.2) is 5.65 Å². The van der Waals surface area contributed by atoms with E-state index in [2.05, 4.69) is 10.1 Å². The van der Waals surface area contributed by atoms with Gasteiger partial charge in [-0.2, -0.15) is 5.10 Å². The lowest BCUT2D eigenvalue weighted by Crippen LogP contribution is -2.12. The summed E-state index contributed by atoms with van der Waals surface area (Å²) >= 11 is 0. The van der Waals surface area contributed by atoms with Gasteiger partial charge in [0.2, 0.25) is 0 Å². The zero-order valence-electron chi connectivity index (χ0n) is 12.9. The number of aryl methyl sites for hydroxylation is 1. The molecule has 0 aliphatic rings. The van der Waals surface area contributed by atoms with Crippen molar-refractivity contribution in [2.45, 2.75) is 20.3 Å². The van der Waals surface area contributed by atoms with Crippen molar-refractivity contribution in [3.63, 3.8) is 0 Å². The van der Waals surface area contributed by atoms with E-state index in [0.717, 1.165) is 11.3 Å². The summed E-state index contributed by atoms with van der Waals surface area (Å²) in [4.78, 5) is 16.2. The fourth-order valence-electron chi connectivity index (χ4n) is 2.43. The molecule has 0 aliphatic carbocycles. The van der Waals surface area contributed by atoms with Gasteiger partial charge in [-0.05, 0) is 44.2 Å². The second kappa shape index (κ2) is 6.16. The Morgan fingerprint density at radius 2 is 2.00 bits per heavy atom. The third-order valence-electron chi connectivity index (χ3n) is 3.40. The predicted octanol–water partition coefficient (Wildman–Crippen LogP) is 2.95. The highest BCUT2D eigenvalue weighted by molar-refractivity contribution is 5.72.